The van der Waals surface area contributed by atoms with Gasteiger partial charge in [0, 0.05) is 12.8 Å². The van der Waals surface area contributed by atoms with Crippen molar-refractivity contribution in [1.82, 2.24) is 9.97 Å². The molecule has 0 radical (unpaired) electrons. The van der Waals surface area contributed by atoms with Gasteiger partial charge in [0.2, 0.25) is 0 Å². The molecule has 0 spiro atoms. The Balaban J connectivity index is 2.68. The van der Waals surface area contributed by atoms with E-state index in [1.165, 1.54) is 0 Å². The number of rotatable bonds is 4. The number of aryl methyl sites for hydroxylation is 1. The largest absolute Gasteiger partial charge is 0.461 e. The minimum atomic E-state index is 0.221. The molecule has 0 amide bonds. The maximum Gasteiger partial charge on any atom is 0.317 e. The zero-order valence-corrected chi connectivity index (χ0v) is 8.15. The summed E-state index contributed by atoms with van der Waals surface area (Å²) in [4.78, 5) is 7.89. The van der Waals surface area contributed by atoms with Crippen molar-refractivity contribution >= 4 is 0 Å². The van der Waals surface area contributed by atoms with Crippen LogP contribution in [0.3, 0.4) is 0 Å². The molecule has 0 atom stereocenters. The van der Waals surface area contributed by atoms with Crippen LogP contribution in [0.2, 0.25) is 0 Å². The van der Waals surface area contributed by atoms with E-state index in [0.717, 1.165) is 0 Å². The lowest BCUT2D eigenvalue weighted by Gasteiger charge is -2.03. The lowest BCUT2D eigenvalue weighted by atomic mass is 10.3. The average molecular weight is 193 g/mol. The number of aromatic nitrogens is 2. The first-order chi connectivity index (χ1) is 6.76. The quantitative estimate of drug-likeness (QED) is 0.658. The van der Waals surface area contributed by atoms with E-state index in [-0.39, 0.29) is 6.01 Å². The fraction of sp³-hybridized carbons (Fsp3) is 0.444. The van der Waals surface area contributed by atoms with Crippen LogP contribution >= 0.6 is 0 Å². The number of ether oxygens (including phenoxy) is 2. The van der Waals surface area contributed by atoms with Gasteiger partial charge in [-0.1, -0.05) is 0 Å². The van der Waals surface area contributed by atoms with Gasteiger partial charge in [-0.3, -0.25) is 0 Å². The third-order valence-corrected chi connectivity index (χ3v) is 1.47. The smallest absolute Gasteiger partial charge is 0.317 e. The zero-order valence-electron chi connectivity index (χ0n) is 8.15. The van der Waals surface area contributed by atoms with Crippen LogP contribution in [0, 0.1) is 18.3 Å². The predicted octanol–water partition coefficient (Wildman–Crippen LogP) is 0.682. The Morgan fingerprint density at radius 3 is 2.86 bits per heavy atom. The molecule has 0 unspecified atom stereocenters. The van der Waals surface area contributed by atoms with Gasteiger partial charge in [-0.15, -0.1) is 0 Å². The molecular formula is C9H11N3O2. The summed E-state index contributed by atoms with van der Waals surface area (Å²) in [6.45, 7) is 2.63. The number of methoxy groups -OCH3 is 1. The predicted molar refractivity (Wildman–Crippen MR) is 48.9 cm³/mol. The number of hydrogen-bond acceptors (Lipinski definition) is 5. The van der Waals surface area contributed by atoms with E-state index < -0.39 is 0 Å². The van der Waals surface area contributed by atoms with E-state index >= 15 is 0 Å². The summed E-state index contributed by atoms with van der Waals surface area (Å²) in [5.74, 6) is 0. The Hall–Kier alpha value is -1.67. The number of nitriles is 1. The molecule has 5 heteroatoms. The summed E-state index contributed by atoms with van der Waals surface area (Å²) in [5, 5.41) is 8.64. The first kappa shape index (κ1) is 10.4. The second-order valence-corrected chi connectivity index (χ2v) is 2.63. The van der Waals surface area contributed by atoms with E-state index in [2.05, 4.69) is 9.97 Å². The van der Waals surface area contributed by atoms with Crippen LogP contribution in [0.15, 0.2) is 6.07 Å². The van der Waals surface area contributed by atoms with E-state index in [1.54, 1.807) is 20.1 Å². The fourth-order valence-electron chi connectivity index (χ4n) is 0.879. The number of nitrogens with zero attached hydrogens (tertiary/aromatic N) is 3. The Morgan fingerprint density at radius 1 is 1.43 bits per heavy atom. The van der Waals surface area contributed by atoms with Crippen LogP contribution in [0.25, 0.3) is 0 Å². The van der Waals surface area contributed by atoms with E-state index in [1.807, 2.05) is 6.07 Å². The molecule has 74 valence electrons. The molecule has 0 aromatic carbocycles. The highest BCUT2D eigenvalue weighted by Gasteiger charge is 2.01. The molecular weight excluding hydrogens is 182 g/mol. The molecule has 0 aliphatic heterocycles. The van der Waals surface area contributed by atoms with Gasteiger partial charge in [-0.05, 0) is 13.0 Å². The lowest BCUT2D eigenvalue weighted by Crippen LogP contribution is -2.07. The van der Waals surface area contributed by atoms with Crippen molar-refractivity contribution < 1.29 is 9.47 Å². The van der Waals surface area contributed by atoms with Crippen molar-refractivity contribution in [2.24, 2.45) is 0 Å². The van der Waals surface area contributed by atoms with Crippen LogP contribution in [0.1, 0.15) is 11.4 Å². The second kappa shape index (κ2) is 5.14. The number of hydrogen-bond donors (Lipinski definition) is 0. The van der Waals surface area contributed by atoms with Crippen molar-refractivity contribution in [3.05, 3.63) is 17.5 Å². The third kappa shape index (κ3) is 2.99. The molecule has 1 heterocycles. The molecule has 0 saturated heterocycles. The van der Waals surface area contributed by atoms with E-state index in [9.17, 15) is 0 Å². The summed E-state index contributed by atoms with van der Waals surface area (Å²) in [5.41, 5.74) is 1.02. The Bertz CT molecular complexity index is 346. The summed E-state index contributed by atoms with van der Waals surface area (Å²) in [6.07, 6.45) is 0. The monoisotopic (exact) mass is 193 g/mol. The molecule has 1 aromatic heterocycles. The summed E-state index contributed by atoms with van der Waals surface area (Å²) < 4.78 is 9.98. The highest BCUT2D eigenvalue weighted by molar-refractivity contribution is 5.23. The Labute approximate surface area is 82.3 Å². The van der Waals surface area contributed by atoms with Gasteiger partial charge in [0.05, 0.1) is 6.61 Å². The van der Waals surface area contributed by atoms with Crippen LogP contribution in [-0.4, -0.2) is 30.3 Å². The first-order valence-corrected chi connectivity index (χ1v) is 4.14. The van der Waals surface area contributed by atoms with Gasteiger partial charge < -0.3 is 9.47 Å². The van der Waals surface area contributed by atoms with E-state index in [0.29, 0.717) is 24.6 Å². The van der Waals surface area contributed by atoms with Gasteiger partial charge in [0.15, 0.2) is 0 Å². The Morgan fingerprint density at radius 2 is 2.21 bits per heavy atom. The molecule has 0 saturated carbocycles. The highest BCUT2D eigenvalue weighted by atomic mass is 16.5. The van der Waals surface area contributed by atoms with Crippen molar-refractivity contribution in [2.45, 2.75) is 6.92 Å². The third-order valence-electron chi connectivity index (χ3n) is 1.47. The van der Waals surface area contributed by atoms with E-state index in [4.69, 9.17) is 14.7 Å². The second-order valence-electron chi connectivity index (χ2n) is 2.63. The standard InChI is InChI=1S/C9H11N3O2/c1-7-5-8(6-10)12-9(11-7)14-4-3-13-2/h5H,3-4H2,1-2H3. The van der Waals surface area contributed by atoms with Crippen LogP contribution < -0.4 is 4.74 Å². The van der Waals surface area contributed by atoms with Gasteiger partial charge >= 0.3 is 6.01 Å². The summed E-state index contributed by atoms with van der Waals surface area (Å²) in [7, 11) is 1.58. The normalized spacial score (nSPS) is 9.50. The molecule has 0 bridgehead atoms. The van der Waals surface area contributed by atoms with Crippen molar-refractivity contribution in [2.75, 3.05) is 20.3 Å². The van der Waals surface area contributed by atoms with Crippen molar-refractivity contribution in [1.29, 1.82) is 5.26 Å². The molecule has 0 aliphatic carbocycles. The molecule has 0 aliphatic rings. The molecule has 5 nitrogen and oxygen atoms in total. The van der Waals surface area contributed by atoms with Crippen LogP contribution in [0.5, 0.6) is 6.01 Å². The van der Waals surface area contributed by atoms with Crippen LogP contribution in [-0.2, 0) is 4.74 Å². The maximum atomic E-state index is 8.64. The van der Waals surface area contributed by atoms with Gasteiger partial charge in [-0.2, -0.15) is 10.2 Å². The van der Waals surface area contributed by atoms with Gasteiger partial charge in [0.25, 0.3) is 0 Å². The summed E-state index contributed by atoms with van der Waals surface area (Å²) >= 11 is 0. The minimum Gasteiger partial charge on any atom is -0.461 e. The van der Waals surface area contributed by atoms with Gasteiger partial charge in [0.1, 0.15) is 18.4 Å². The molecule has 14 heavy (non-hydrogen) atoms. The Kier molecular flexibility index (Phi) is 3.83. The average Bonchev–Trinajstić information content (AvgIpc) is 2.17. The molecule has 0 N–H and O–H groups in total. The molecule has 1 rings (SSSR count). The molecule has 0 fully saturated rings. The first-order valence-electron chi connectivity index (χ1n) is 4.14. The maximum absolute atomic E-state index is 8.64. The molecule has 1 aromatic rings. The van der Waals surface area contributed by atoms with Gasteiger partial charge in [-0.25, -0.2) is 4.98 Å². The van der Waals surface area contributed by atoms with Crippen molar-refractivity contribution in [3.8, 4) is 12.1 Å². The van der Waals surface area contributed by atoms with Crippen molar-refractivity contribution in [3.63, 3.8) is 0 Å². The fourth-order valence-corrected chi connectivity index (χ4v) is 0.879. The topological polar surface area (TPSA) is 68.0 Å². The zero-order chi connectivity index (χ0) is 10.4. The SMILES string of the molecule is COCCOc1nc(C)cc(C#N)n1. The lowest BCUT2D eigenvalue weighted by molar-refractivity contribution is 0.140. The summed E-state index contributed by atoms with van der Waals surface area (Å²) in [6, 6.07) is 3.76. The van der Waals surface area contributed by atoms with Crippen LogP contribution in [0.4, 0.5) is 0 Å². The highest BCUT2D eigenvalue weighted by Crippen LogP contribution is 2.05. The minimum absolute atomic E-state index is 0.221.